The average molecular weight is 182 g/mol. The summed E-state index contributed by atoms with van der Waals surface area (Å²) >= 11 is 0. The molecule has 0 unspecified atom stereocenters. The largest absolute Gasteiger partial charge is 0.154 e. The Kier molecular flexibility index (Phi) is 3.59. The highest BCUT2D eigenvalue weighted by Gasteiger charge is 2.23. The van der Waals surface area contributed by atoms with E-state index in [2.05, 4.69) is 26.3 Å². The van der Waals surface area contributed by atoms with E-state index >= 15 is 0 Å². The molecule has 0 fully saturated rings. The third-order valence-corrected chi connectivity index (χ3v) is 5.70. The van der Waals surface area contributed by atoms with Gasteiger partial charge in [0.05, 0.1) is 0 Å². The molecule has 0 aliphatic rings. The summed E-state index contributed by atoms with van der Waals surface area (Å²) in [6, 6.07) is 0. The molecule has 68 valence electrons. The molecule has 0 aromatic carbocycles. The first kappa shape index (κ1) is 11.3. The topological polar surface area (TPSA) is 0 Å². The van der Waals surface area contributed by atoms with Gasteiger partial charge in [-0.1, -0.05) is 26.3 Å². The van der Waals surface area contributed by atoms with Crippen molar-refractivity contribution in [2.45, 2.75) is 20.8 Å². The van der Waals surface area contributed by atoms with Gasteiger partial charge in [-0.25, -0.2) is 0 Å². The third-order valence-electron chi connectivity index (χ3n) is 1.90. The summed E-state index contributed by atoms with van der Waals surface area (Å²) in [5.41, 5.74) is 0. The Morgan fingerprint density at radius 2 is 1.17 bits per heavy atom. The van der Waals surface area contributed by atoms with Crippen LogP contribution in [0.15, 0.2) is 46.4 Å². The van der Waals surface area contributed by atoms with Crippen molar-refractivity contribution in [3.8, 4) is 0 Å². The summed E-state index contributed by atoms with van der Waals surface area (Å²) in [5.74, 6) is 0. The monoisotopic (exact) mass is 182 g/mol. The third kappa shape index (κ3) is 1.56. The second-order valence-corrected chi connectivity index (χ2v) is 6.68. The predicted octanol–water partition coefficient (Wildman–Crippen LogP) is 4.54. The lowest BCUT2D eigenvalue weighted by molar-refractivity contribution is 1.60. The molecule has 0 nitrogen and oxygen atoms in total. The van der Waals surface area contributed by atoms with Crippen LogP contribution >= 0.6 is 10.0 Å². The molecular weight excluding hydrogens is 164 g/mol. The van der Waals surface area contributed by atoms with Gasteiger partial charge in [0.1, 0.15) is 0 Å². The zero-order valence-corrected chi connectivity index (χ0v) is 9.13. The molecule has 0 aromatic heterocycles. The van der Waals surface area contributed by atoms with E-state index in [9.17, 15) is 0 Å². The molecule has 0 aliphatic heterocycles. The van der Waals surface area contributed by atoms with Crippen molar-refractivity contribution in [2.24, 2.45) is 0 Å². The Labute approximate surface area is 77.7 Å². The zero-order valence-electron chi connectivity index (χ0n) is 8.31. The van der Waals surface area contributed by atoms with Crippen LogP contribution in [0, 0.1) is 0 Å². The van der Waals surface area contributed by atoms with E-state index in [-0.39, 0.29) is 0 Å². The van der Waals surface area contributed by atoms with Gasteiger partial charge in [-0.3, -0.25) is 0 Å². The van der Waals surface area contributed by atoms with Crippen LogP contribution in [0.4, 0.5) is 0 Å². The highest BCUT2D eigenvalue weighted by atomic mass is 32.3. The quantitative estimate of drug-likeness (QED) is 0.599. The van der Waals surface area contributed by atoms with Crippen molar-refractivity contribution in [1.29, 1.82) is 0 Å². The highest BCUT2D eigenvalue weighted by molar-refractivity contribution is 8.44. The molecule has 0 heterocycles. The van der Waals surface area contributed by atoms with Crippen LogP contribution in [0.25, 0.3) is 0 Å². The van der Waals surface area contributed by atoms with Crippen molar-refractivity contribution in [3.05, 3.63) is 46.4 Å². The molecule has 0 rings (SSSR count). The Bertz CT molecular complexity index is 210. The van der Waals surface area contributed by atoms with Crippen LogP contribution in [-0.2, 0) is 0 Å². The van der Waals surface area contributed by atoms with E-state index in [1.807, 2.05) is 26.2 Å². The maximum Gasteiger partial charge on any atom is -0.0317 e. The van der Waals surface area contributed by atoms with Gasteiger partial charge in [-0.2, -0.15) is 10.0 Å². The standard InChI is InChI=1S/C11H18S/c1-8-12(9(2)3,10(4)5)11(6)7/h8H,1-2,4,6H2,3,5,7H3. The zero-order chi connectivity index (χ0) is 9.94. The molecule has 0 saturated heterocycles. The fraction of sp³-hybridized carbons (Fsp3) is 0.273. The van der Waals surface area contributed by atoms with Crippen LogP contribution in [0.3, 0.4) is 0 Å². The van der Waals surface area contributed by atoms with Gasteiger partial charge in [0.2, 0.25) is 0 Å². The summed E-state index contributed by atoms with van der Waals surface area (Å²) in [6.45, 7) is 21.8. The SMILES string of the molecule is C=CS(C(=C)C)(C(=C)C)C(=C)C. The lowest BCUT2D eigenvalue weighted by atomic mass is 10.7. The number of hydrogen-bond donors (Lipinski definition) is 0. The first-order valence-corrected chi connectivity index (χ1v) is 5.51. The van der Waals surface area contributed by atoms with Gasteiger partial charge < -0.3 is 0 Å². The summed E-state index contributed by atoms with van der Waals surface area (Å²) < 4.78 is 0. The van der Waals surface area contributed by atoms with Crippen molar-refractivity contribution < 1.29 is 0 Å². The van der Waals surface area contributed by atoms with Crippen LogP contribution in [-0.4, -0.2) is 0 Å². The fourth-order valence-electron chi connectivity index (χ4n) is 1.32. The van der Waals surface area contributed by atoms with Crippen LogP contribution < -0.4 is 0 Å². The van der Waals surface area contributed by atoms with E-state index in [1.54, 1.807) is 0 Å². The van der Waals surface area contributed by atoms with Gasteiger partial charge in [0.15, 0.2) is 0 Å². The molecular formula is C11H18S. The summed E-state index contributed by atoms with van der Waals surface area (Å²) in [6.07, 6.45) is 0. The number of allylic oxidation sites excluding steroid dienone is 3. The second-order valence-electron chi connectivity index (χ2n) is 2.93. The summed E-state index contributed by atoms with van der Waals surface area (Å²) in [5, 5.41) is 1.94. The fourth-order valence-corrected chi connectivity index (χ4v) is 3.96. The van der Waals surface area contributed by atoms with Gasteiger partial charge >= 0.3 is 0 Å². The highest BCUT2D eigenvalue weighted by Crippen LogP contribution is 2.66. The minimum Gasteiger partial charge on any atom is -0.154 e. The molecule has 1 heteroatoms. The number of hydrogen-bond acceptors (Lipinski definition) is 0. The maximum atomic E-state index is 3.99. The Morgan fingerprint density at radius 3 is 1.17 bits per heavy atom. The average Bonchev–Trinajstić information content (AvgIpc) is 1.86. The lowest BCUT2D eigenvalue weighted by Gasteiger charge is -2.38. The molecule has 0 atom stereocenters. The molecule has 0 aliphatic carbocycles. The van der Waals surface area contributed by atoms with Crippen LogP contribution in [0.2, 0.25) is 0 Å². The molecule has 0 bridgehead atoms. The van der Waals surface area contributed by atoms with Gasteiger partial charge in [-0.05, 0) is 40.9 Å². The minimum absolute atomic E-state index is 1.11. The Hall–Kier alpha value is -0.690. The van der Waals surface area contributed by atoms with Gasteiger partial charge in [0.25, 0.3) is 0 Å². The first-order chi connectivity index (χ1) is 5.39. The normalized spacial score (nSPS) is 11.9. The number of rotatable bonds is 4. The second kappa shape index (κ2) is 3.81. The van der Waals surface area contributed by atoms with Crippen molar-refractivity contribution in [2.75, 3.05) is 0 Å². The van der Waals surface area contributed by atoms with Gasteiger partial charge in [0, 0.05) is 0 Å². The lowest BCUT2D eigenvalue weighted by Crippen LogP contribution is -1.98. The van der Waals surface area contributed by atoms with E-state index in [0.29, 0.717) is 0 Å². The van der Waals surface area contributed by atoms with E-state index in [1.165, 1.54) is 0 Å². The van der Waals surface area contributed by atoms with E-state index in [0.717, 1.165) is 14.7 Å². The molecule has 0 radical (unpaired) electrons. The van der Waals surface area contributed by atoms with Crippen molar-refractivity contribution >= 4 is 10.0 Å². The van der Waals surface area contributed by atoms with E-state index < -0.39 is 10.0 Å². The summed E-state index contributed by atoms with van der Waals surface area (Å²) in [7, 11) is -1.20. The first-order valence-electron chi connectivity index (χ1n) is 3.82. The maximum absolute atomic E-state index is 3.99. The van der Waals surface area contributed by atoms with Crippen molar-refractivity contribution in [1.82, 2.24) is 0 Å². The Morgan fingerprint density at radius 1 is 0.917 bits per heavy atom. The molecule has 0 aromatic rings. The molecule has 0 N–H and O–H groups in total. The van der Waals surface area contributed by atoms with Crippen LogP contribution in [0.1, 0.15) is 20.8 Å². The van der Waals surface area contributed by atoms with Crippen LogP contribution in [0.5, 0.6) is 0 Å². The molecule has 0 saturated carbocycles. The Balaban J connectivity index is 5.33. The summed E-state index contributed by atoms with van der Waals surface area (Å²) in [4.78, 5) is 3.33. The molecule has 0 spiro atoms. The minimum atomic E-state index is -1.20. The predicted molar refractivity (Wildman–Crippen MR) is 62.2 cm³/mol. The van der Waals surface area contributed by atoms with Gasteiger partial charge in [-0.15, -0.1) is 0 Å². The van der Waals surface area contributed by atoms with Crippen molar-refractivity contribution in [3.63, 3.8) is 0 Å². The smallest absolute Gasteiger partial charge is 0.0317 e. The van der Waals surface area contributed by atoms with E-state index in [4.69, 9.17) is 0 Å². The molecule has 0 amide bonds. The molecule has 12 heavy (non-hydrogen) atoms.